The number of aromatic amines is 1. The van der Waals surface area contributed by atoms with Crippen LogP contribution in [0.15, 0.2) is 41.2 Å². The maximum atomic E-state index is 12.6. The number of fused-ring (bicyclic) bond motifs is 1. The van der Waals surface area contributed by atoms with E-state index in [0.717, 1.165) is 0 Å². The molecular formula is C18H17N3O4S. The lowest BCUT2D eigenvalue weighted by Gasteiger charge is -2.12. The molecule has 0 saturated heterocycles. The normalized spacial score (nSPS) is 10.6. The standard InChI is InChI=1S/C18H17N3O4S/c1-21-17(23)12-6-4-10(8-14(12)20-18(21)26)16(22)19-13-7-5-11(24-2)9-15(13)25-3/h4-9H,1-3H3,(H,19,22)(H,20,26). The second-order valence-corrected chi connectivity index (χ2v) is 5.96. The zero-order chi connectivity index (χ0) is 18.8. The molecule has 1 heterocycles. The molecule has 0 aliphatic heterocycles. The molecule has 7 nitrogen and oxygen atoms in total. The third-order valence-corrected chi connectivity index (χ3v) is 4.40. The number of methoxy groups -OCH3 is 2. The van der Waals surface area contributed by atoms with Crippen molar-refractivity contribution in [3.63, 3.8) is 0 Å². The molecule has 0 spiro atoms. The van der Waals surface area contributed by atoms with Gasteiger partial charge in [0.15, 0.2) is 4.77 Å². The number of hydrogen-bond donors (Lipinski definition) is 2. The number of nitrogens with one attached hydrogen (secondary N) is 2. The molecular weight excluding hydrogens is 354 g/mol. The predicted molar refractivity (Wildman–Crippen MR) is 102 cm³/mol. The van der Waals surface area contributed by atoms with E-state index in [9.17, 15) is 9.59 Å². The minimum atomic E-state index is -0.338. The van der Waals surface area contributed by atoms with Crippen LogP contribution in [-0.2, 0) is 7.05 Å². The van der Waals surface area contributed by atoms with Crippen molar-refractivity contribution >= 4 is 34.7 Å². The number of ether oxygens (including phenoxy) is 2. The maximum absolute atomic E-state index is 12.6. The third-order valence-electron chi connectivity index (χ3n) is 4.02. The Labute approximate surface area is 154 Å². The smallest absolute Gasteiger partial charge is 0.261 e. The molecule has 0 saturated carbocycles. The molecule has 3 aromatic rings. The molecule has 1 aromatic heterocycles. The summed E-state index contributed by atoms with van der Waals surface area (Å²) in [4.78, 5) is 27.8. The predicted octanol–water partition coefficient (Wildman–Crippen LogP) is 2.87. The van der Waals surface area contributed by atoms with Crippen molar-refractivity contribution < 1.29 is 14.3 Å². The molecule has 0 bridgehead atoms. The van der Waals surface area contributed by atoms with Crippen LogP contribution in [0.25, 0.3) is 10.9 Å². The molecule has 8 heteroatoms. The number of amides is 1. The fraction of sp³-hybridized carbons (Fsp3) is 0.167. The number of carbonyl (C=O) groups excluding carboxylic acids is 1. The Morgan fingerprint density at radius 3 is 2.62 bits per heavy atom. The fourth-order valence-corrected chi connectivity index (χ4v) is 2.74. The number of aromatic nitrogens is 2. The maximum Gasteiger partial charge on any atom is 0.261 e. The summed E-state index contributed by atoms with van der Waals surface area (Å²) < 4.78 is 12.1. The van der Waals surface area contributed by atoms with Gasteiger partial charge < -0.3 is 19.8 Å². The molecule has 26 heavy (non-hydrogen) atoms. The van der Waals surface area contributed by atoms with Gasteiger partial charge in [-0.25, -0.2) is 0 Å². The Morgan fingerprint density at radius 2 is 1.92 bits per heavy atom. The highest BCUT2D eigenvalue weighted by atomic mass is 32.1. The van der Waals surface area contributed by atoms with Gasteiger partial charge in [-0.05, 0) is 42.5 Å². The highest BCUT2D eigenvalue weighted by molar-refractivity contribution is 7.71. The number of H-pyrrole nitrogens is 1. The Hall–Kier alpha value is -3.13. The first-order chi connectivity index (χ1) is 12.4. The first-order valence-electron chi connectivity index (χ1n) is 7.71. The summed E-state index contributed by atoms with van der Waals surface area (Å²) in [5.74, 6) is 0.760. The van der Waals surface area contributed by atoms with Crippen LogP contribution in [0.2, 0.25) is 0 Å². The van der Waals surface area contributed by atoms with Crippen molar-refractivity contribution in [2.24, 2.45) is 7.05 Å². The summed E-state index contributed by atoms with van der Waals surface area (Å²) in [6, 6.07) is 9.88. The molecule has 2 N–H and O–H groups in total. The van der Waals surface area contributed by atoms with E-state index >= 15 is 0 Å². The van der Waals surface area contributed by atoms with Crippen molar-refractivity contribution in [1.29, 1.82) is 0 Å². The van der Waals surface area contributed by atoms with Gasteiger partial charge in [-0.2, -0.15) is 0 Å². The van der Waals surface area contributed by atoms with Crippen molar-refractivity contribution in [3.05, 3.63) is 57.1 Å². The van der Waals surface area contributed by atoms with Crippen LogP contribution < -0.4 is 20.3 Å². The van der Waals surface area contributed by atoms with Gasteiger partial charge in [0.25, 0.3) is 11.5 Å². The van der Waals surface area contributed by atoms with Crippen LogP contribution in [0, 0.1) is 4.77 Å². The molecule has 2 aromatic carbocycles. The van der Waals surface area contributed by atoms with E-state index in [4.69, 9.17) is 21.7 Å². The topological polar surface area (TPSA) is 85.4 Å². The molecule has 0 unspecified atom stereocenters. The van der Waals surface area contributed by atoms with Crippen LogP contribution in [-0.4, -0.2) is 29.7 Å². The van der Waals surface area contributed by atoms with Gasteiger partial charge >= 0.3 is 0 Å². The largest absolute Gasteiger partial charge is 0.497 e. The van der Waals surface area contributed by atoms with Gasteiger partial charge in [0, 0.05) is 18.7 Å². The first-order valence-corrected chi connectivity index (χ1v) is 8.12. The number of nitrogens with zero attached hydrogens (tertiary/aromatic N) is 1. The van der Waals surface area contributed by atoms with Gasteiger partial charge in [-0.1, -0.05) is 0 Å². The molecule has 0 aliphatic carbocycles. The van der Waals surface area contributed by atoms with Gasteiger partial charge in [0.05, 0.1) is 30.8 Å². The van der Waals surface area contributed by atoms with Gasteiger partial charge in [-0.3, -0.25) is 14.2 Å². The summed E-state index contributed by atoms with van der Waals surface area (Å²) in [5.41, 5.74) is 1.18. The molecule has 3 rings (SSSR count). The van der Waals surface area contributed by atoms with Crippen LogP contribution in [0.1, 0.15) is 10.4 Å². The Morgan fingerprint density at radius 1 is 1.15 bits per heavy atom. The average molecular weight is 371 g/mol. The molecule has 0 aliphatic rings. The minimum absolute atomic E-state index is 0.215. The highest BCUT2D eigenvalue weighted by Gasteiger charge is 2.12. The highest BCUT2D eigenvalue weighted by Crippen LogP contribution is 2.29. The van der Waals surface area contributed by atoms with E-state index in [0.29, 0.717) is 33.7 Å². The van der Waals surface area contributed by atoms with Crippen LogP contribution in [0.3, 0.4) is 0 Å². The zero-order valence-corrected chi connectivity index (χ0v) is 15.3. The first kappa shape index (κ1) is 17.7. The third kappa shape index (κ3) is 3.18. The lowest BCUT2D eigenvalue weighted by Crippen LogP contribution is -2.19. The SMILES string of the molecule is COc1ccc(NC(=O)c2ccc3c(=O)n(C)c(=S)[nH]c3c2)c(OC)c1. The van der Waals surface area contributed by atoms with Crippen molar-refractivity contribution in [1.82, 2.24) is 9.55 Å². The Kier molecular flexibility index (Phi) is 4.77. The zero-order valence-electron chi connectivity index (χ0n) is 14.5. The summed E-state index contributed by atoms with van der Waals surface area (Å²) in [5, 5.41) is 3.25. The molecule has 134 valence electrons. The lowest BCUT2D eigenvalue weighted by atomic mass is 10.1. The Bertz CT molecular complexity index is 1120. The monoisotopic (exact) mass is 371 g/mol. The average Bonchev–Trinajstić information content (AvgIpc) is 2.66. The van der Waals surface area contributed by atoms with E-state index in [-0.39, 0.29) is 16.2 Å². The second kappa shape index (κ2) is 7.01. The number of carbonyl (C=O) groups is 1. The summed E-state index contributed by atoms with van der Waals surface area (Å²) in [6.45, 7) is 0. The van der Waals surface area contributed by atoms with Crippen molar-refractivity contribution in [3.8, 4) is 11.5 Å². The van der Waals surface area contributed by atoms with E-state index in [1.165, 1.54) is 11.7 Å². The van der Waals surface area contributed by atoms with Gasteiger partial charge in [0.1, 0.15) is 11.5 Å². The number of benzene rings is 2. The Balaban J connectivity index is 1.97. The summed E-state index contributed by atoms with van der Waals surface area (Å²) in [7, 11) is 4.66. The molecule has 0 fully saturated rings. The number of hydrogen-bond acceptors (Lipinski definition) is 5. The molecule has 1 amide bonds. The van der Waals surface area contributed by atoms with Crippen molar-refractivity contribution in [2.75, 3.05) is 19.5 Å². The van der Waals surface area contributed by atoms with Crippen LogP contribution in [0.5, 0.6) is 11.5 Å². The quantitative estimate of drug-likeness (QED) is 0.689. The van der Waals surface area contributed by atoms with Crippen LogP contribution in [0.4, 0.5) is 5.69 Å². The van der Waals surface area contributed by atoms with Crippen LogP contribution >= 0.6 is 12.2 Å². The van der Waals surface area contributed by atoms with Crippen molar-refractivity contribution in [2.45, 2.75) is 0 Å². The fourth-order valence-electron chi connectivity index (χ4n) is 2.54. The van der Waals surface area contributed by atoms with E-state index in [1.807, 2.05) is 0 Å². The molecule has 0 atom stereocenters. The summed E-state index contributed by atoms with van der Waals surface area (Å²) >= 11 is 5.12. The molecule has 0 radical (unpaired) electrons. The summed E-state index contributed by atoms with van der Waals surface area (Å²) in [6.07, 6.45) is 0. The minimum Gasteiger partial charge on any atom is -0.497 e. The van der Waals surface area contributed by atoms with E-state index in [1.54, 1.807) is 50.6 Å². The second-order valence-electron chi connectivity index (χ2n) is 5.58. The van der Waals surface area contributed by atoms with Gasteiger partial charge in [-0.15, -0.1) is 0 Å². The van der Waals surface area contributed by atoms with E-state index in [2.05, 4.69) is 10.3 Å². The number of rotatable bonds is 4. The lowest BCUT2D eigenvalue weighted by molar-refractivity contribution is 0.102. The van der Waals surface area contributed by atoms with E-state index < -0.39 is 0 Å². The number of anilines is 1. The van der Waals surface area contributed by atoms with Gasteiger partial charge in [0.2, 0.25) is 0 Å².